The molecular formula is C12H16N4O4S. The smallest absolute Gasteiger partial charge is 0.254 e. The van der Waals surface area contributed by atoms with Crippen molar-refractivity contribution in [2.75, 3.05) is 19.5 Å². The van der Waals surface area contributed by atoms with Gasteiger partial charge in [-0.15, -0.1) is 10.2 Å². The van der Waals surface area contributed by atoms with Gasteiger partial charge < -0.3 is 10.1 Å². The maximum absolute atomic E-state index is 12.2. The van der Waals surface area contributed by atoms with E-state index in [-0.39, 0.29) is 11.2 Å². The Kier molecular flexibility index (Phi) is 4.53. The minimum absolute atomic E-state index is 0.243. The first-order chi connectivity index (χ1) is 9.94. The second kappa shape index (κ2) is 6.19. The molecule has 0 saturated carbocycles. The highest BCUT2D eigenvalue weighted by atomic mass is 32.2. The minimum atomic E-state index is -3.87. The zero-order valence-electron chi connectivity index (χ0n) is 11.7. The number of carbonyl (C=O) groups excluding carboxylic acids is 1. The van der Waals surface area contributed by atoms with E-state index in [9.17, 15) is 13.2 Å². The Balaban J connectivity index is 2.17. The first-order valence-electron chi connectivity index (χ1n) is 6.25. The summed E-state index contributed by atoms with van der Waals surface area (Å²) in [6.07, 6.45) is 1.54. The highest BCUT2D eigenvalue weighted by Crippen LogP contribution is 2.10. The van der Waals surface area contributed by atoms with Gasteiger partial charge in [0, 0.05) is 19.3 Å². The fourth-order valence-corrected chi connectivity index (χ4v) is 3.05. The standard InChI is InChI=1S/C12H16N4O4S/c1-9(7-20-2)13-11(17)8-21(18,19)12-15-14-10-5-3-4-6-16(10)12/h3-6,9H,7-8H2,1-2H3,(H,13,17)/t9-/m0/s1. The zero-order chi connectivity index (χ0) is 15.5. The number of methoxy groups -OCH3 is 1. The van der Waals surface area contributed by atoms with Gasteiger partial charge in [0.25, 0.3) is 5.16 Å². The van der Waals surface area contributed by atoms with Crippen LogP contribution in [0, 0.1) is 0 Å². The molecule has 0 aliphatic rings. The summed E-state index contributed by atoms with van der Waals surface area (Å²) in [5.41, 5.74) is 0.407. The number of nitrogens with zero attached hydrogens (tertiary/aromatic N) is 3. The lowest BCUT2D eigenvalue weighted by molar-refractivity contribution is -0.119. The van der Waals surface area contributed by atoms with Crippen LogP contribution >= 0.6 is 0 Å². The summed E-state index contributed by atoms with van der Waals surface area (Å²) in [5, 5.41) is 9.72. The van der Waals surface area contributed by atoms with Gasteiger partial charge in [-0.05, 0) is 19.1 Å². The molecule has 0 unspecified atom stereocenters. The fourth-order valence-electron chi connectivity index (χ4n) is 1.88. The lowest BCUT2D eigenvalue weighted by atomic mass is 10.3. The van der Waals surface area contributed by atoms with Crippen molar-refractivity contribution < 1.29 is 17.9 Å². The van der Waals surface area contributed by atoms with Crippen LogP contribution in [-0.2, 0) is 19.4 Å². The topological polar surface area (TPSA) is 103 Å². The summed E-state index contributed by atoms with van der Waals surface area (Å²) in [7, 11) is -2.37. The molecule has 0 spiro atoms. The number of hydrogen-bond acceptors (Lipinski definition) is 6. The number of nitrogens with one attached hydrogen (secondary N) is 1. The lowest BCUT2D eigenvalue weighted by Gasteiger charge is -2.12. The average molecular weight is 312 g/mol. The van der Waals surface area contributed by atoms with E-state index in [1.165, 1.54) is 17.7 Å². The van der Waals surface area contributed by atoms with Crippen molar-refractivity contribution in [2.24, 2.45) is 0 Å². The van der Waals surface area contributed by atoms with E-state index in [1.54, 1.807) is 25.1 Å². The molecule has 2 heterocycles. The van der Waals surface area contributed by atoms with Crippen LogP contribution in [0.15, 0.2) is 29.6 Å². The molecule has 1 atom stereocenters. The van der Waals surface area contributed by atoms with E-state index in [4.69, 9.17) is 4.74 Å². The van der Waals surface area contributed by atoms with E-state index in [0.29, 0.717) is 12.3 Å². The SMILES string of the molecule is COC[C@H](C)NC(=O)CS(=O)(=O)c1nnc2ccccn12. The van der Waals surface area contributed by atoms with Crippen molar-refractivity contribution in [3.8, 4) is 0 Å². The predicted octanol–water partition coefficient (Wildman–Crippen LogP) is -0.346. The molecule has 8 nitrogen and oxygen atoms in total. The molecule has 2 rings (SSSR count). The second-order valence-corrected chi connectivity index (χ2v) is 6.48. The fraction of sp³-hybridized carbons (Fsp3) is 0.417. The molecule has 114 valence electrons. The van der Waals surface area contributed by atoms with Gasteiger partial charge in [0.1, 0.15) is 5.75 Å². The monoisotopic (exact) mass is 312 g/mol. The Morgan fingerprint density at radius 1 is 1.43 bits per heavy atom. The number of carbonyl (C=O) groups is 1. The Labute approximate surface area is 122 Å². The lowest BCUT2D eigenvalue weighted by Crippen LogP contribution is -2.39. The molecule has 1 amide bonds. The van der Waals surface area contributed by atoms with Crippen LogP contribution in [0.4, 0.5) is 0 Å². The summed E-state index contributed by atoms with van der Waals surface area (Å²) in [6.45, 7) is 2.03. The third-order valence-electron chi connectivity index (χ3n) is 2.71. The van der Waals surface area contributed by atoms with Crippen LogP contribution in [0.3, 0.4) is 0 Å². The van der Waals surface area contributed by atoms with Crippen LogP contribution < -0.4 is 5.32 Å². The third kappa shape index (κ3) is 3.56. The summed E-state index contributed by atoms with van der Waals surface area (Å²) >= 11 is 0. The normalized spacial score (nSPS) is 13.2. The molecule has 0 aliphatic carbocycles. The summed E-state index contributed by atoms with van der Waals surface area (Å²) in [4.78, 5) is 11.8. The van der Waals surface area contributed by atoms with E-state index >= 15 is 0 Å². The zero-order valence-corrected chi connectivity index (χ0v) is 12.5. The van der Waals surface area contributed by atoms with Gasteiger partial charge in [-0.25, -0.2) is 8.42 Å². The molecule has 21 heavy (non-hydrogen) atoms. The number of fused-ring (bicyclic) bond motifs is 1. The van der Waals surface area contributed by atoms with Crippen molar-refractivity contribution in [2.45, 2.75) is 18.1 Å². The number of sulfone groups is 1. The molecule has 0 aliphatic heterocycles. The van der Waals surface area contributed by atoms with Gasteiger partial charge >= 0.3 is 0 Å². The number of ether oxygens (including phenoxy) is 1. The Morgan fingerprint density at radius 3 is 2.90 bits per heavy atom. The van der Waals surface area contributed by atoms with Crippen molar-refractivity contribution in [1.82, 2.24) is 19.9 Å². The molecular weight excluding hydrogens is 296 g/mol. The van der Waals surface area contributed by atoms with Crippen molar-refractivity contribution in [3.63, 3.8) is 0 Å². The van der Waals surface area contributed by atoms with Crippen molar-refractivity contribution in [1.29, 1.82) is 0 Å². The Hall–Kier alpha value is -2.00. The largest absolute Gasteiger partial charge is 0.383 e. The van der Waals surface area contributed by atoms with Gasteiger partial charge in [-0.1, -0.05) is 6.07 Å². The van der Waals surface area contributed by atoms with Crippen LogP contribution in [0.25, 0.3) is 5.65 Å². The minimum Gasteiger partial charge on any atom is -0.383 e. The van der Waals surface area contributed by atoms with Crippen LogP contribution in [0.5, 0.6) is 0 Å². The Bertz CT molecular complexity index is 741. The van der Waals surface area contributed by atoms with Gasteiger partial charge in [-0.3, -0.25) is 9.20 Å². The van der Waals surface area contributed by atoms with E-state index in [2.05, 4.69) is 15.5 Å². The van der Waals surface area contributed by atoms with Gasteiger partial charge in [0.15, 0.2) is 5.65 Å². The van der Waals surface area contributed by atoms with Gasteiger partial charge in [-0.2, -0.15) is 0 Å². The van der Waals surface area contributed by atoms with Gasteiger partial charge in [0.2, 0.25) is 15.7 Å². The van der Waals surface area contributed by atoms with Crippen LogP contribution in [0.1, 0.15) is 6.92 Å². The van der Waals surface area contributed by atoms with Crippen LogP contribution in [-0.4, -0.2) is 54.4 Å². The summed E-state index contributed by atoms with van der Waals surface area (Å²) in [6, 6.07) is 4.75. The summed E-state index contributed by atoms with van der Waals surface area (Å²) in [5.74, 6) is -1.29. The molecule has 0 fully saturated rings. The number of aromatic nitrogens is 3. The number of hydrogen-bond donors (Lipinski definition) is 1. The van der Waals surface area contributed by atoms with Gasteiger partial charge in [0.05, 0.1) is 6.61 Å². The molecule has 1 N–H and O–H groups in total. The first kappa shape index (κ1) is 15.4. The second-order valence-electron chi connectivity index (χ2n) is 4.59. The summed E-state index contributed by atoms with van der Waals surface area (Å²) < 4.78 is 30.7. The highest BCUT2D eigenvalue weighted by molar-refractivity contribution is 7.91. The quantitative estimate of drug-likeness (QED) is 0.782. The maximum Gasteiger partial charge on any atom is 0.254 e. The molecule has 0 saturated heterocycles. The molecule has 2 aromatic heterocycles. The Morgan fingerprint density at radius 2 is 2.19 bits per heavy atom. The highest BCUT2D eigenvalue weighted by Gasteiger charge is 2.25. The van der Waals surface area contributed by atoms with E-state index < -0.39 is 21.5 Å². The number of pyridine rings is 1. The predicted molar refractivity (Wildman–Crippen MR) is 74.5 cm³/mol. The third-order valence-corrected chi connectivity index (χ3v) is 4.18. The van der Waals surface area contributed by atoms with E-state index in [0.717, 1.165) is 0 Å². The molecule has 2 aromatic rings. The average Bonchev–Trinajstić information content (AvgIpc) is 2.82. The molecule has 0 radical (unpaired) electrons. The molecule has 0 aromatic carbocycles. The van der Waals surface area contributed by atoms with Crippen molar-refractivity contribution in [3.05, 3.63) is 24.4 Å². The van der Waals surface area contributed by atoms with Crippen molar-refractivity contribution >= 4 is 21.4 Å². The van der Waals surface area contributed by atoms with E-state index in [1.807, 2.05) is 0 Å². The maximum atomic E-state index is 12.2. The van der Waals surface area contributed by atoms with Crippen LogP contribution in [0.2, 0.25) is 0 Å². The number of rotatable bonds is 6. The first-order valence-corrected chi connectivity index (χ1v) is 7.90. The molecule has 0 bridgehead atoms. The number of amides is 1. The molecule has 9 heteroatoms.